The molecule has 0 saturated carbocycles. The Hall–Kier alpha value is -2.46. The van der Waals surface area contributed by atoms with Crippen LogP contribution in [0.5, 0.6) is 0 Å². The van der Waals surface area contributed by atoms with Crippen molar-refractivity contribution in [1.82, 2.24) is 10.2 Å². The summed E-state index contributed by atoms with van der Waals surface area (Å²) in [6, 6.07) is 14.8. The molecule has 0 bridgehead atoms. The molecule has 1 heterocycles. The first-order chi connectivity index (χ1) is 10.9. The Morgan fingerprint density at radius 3 is 2.55 bits per heavy atom. The highest BCUT2D eigenvalue weighted by Crippen LogP contribution is 2.46. The summed E-state index contributed by atoms with van der Waals surface area (Å²) < 4.78 is 0. The van der Waals surface area contributed by atoms with Crippen LogP contribution in [0.25, 0.3) is 33.2 Å². The minimum absolute atomic E-state index is 0.729. The second-order valence-corrected chi connectivity index (χ2v) is 5.59. The van der Waals surface area contributed by atoms with Gasteiger partial charge in [0, 0.05) is 22.9 Å². The van der Waals surface area contributed by atoms with Crippen molar-refractivity contribution in [2.75, 3.05) is 18.4 Å². The molecule has 22 heavy (non-hydrogen) atoms. The lowest BCUT2D eigenvalue weighted by molar-refractivity contribution is 0.771. The fourth-order valence-electron chi connectivity index (χ4n) is 3.15. The molecule has 2 aromatic carbocycles. The van der Waals surface area contributed by atoms with E-state index in [1.165, 1.54) is 22.1 Å². The smallest absolute Gasteiger partial charge is 0.156 e. The van der Waals surface area contributed by atoms with Crippen LogP contribution in [0.4, 0.5) is 5.82 Å². The van der Waals surface area contributed by atoms with Gasteiger partial charge in [-0.2, -0.15) is 0 Å². The van der Waals surface area contributed by atoms with Gasteiger partial charge in [0.1, 0.15) is 5.69 Å². The van der Waals surface area contributed by atoms with Crippen LogP contribution >= 0.6 is 0 Å². The number of hydrogen-bond acceptors (Lipinski definition) is 4. The summed E-state index contributed by atoms with van der Waals surface area (Å²) >= 11 is 0. The Labute approximate surface area is 129 Å². The number of fused-ring (bicyclic) bond motifs is 3. The number of nitrogens with one attached hydrogen (secondary N) is 1. The van der Waals surface area contributed by atoms with E-state index in [-0.39, 0.29) is 0 Å². The zero-order chi connectivity index (χ0) is 14.9. The van der Waals surface area contributed by atoms with Crippen LogP contribution in [0.2, 0.25) is 0 Å². The van der Waals surface area contributed by atoms with Gasteiger partial charge in [-0.3, -0.25) is 0 Å². The van der Waals surface area contributed by atoms with Gasteiger partial charge in [0.15, 0.2) is 5.82 Å². The van der Waals surface area contributed by atoms with Gasteiger partial charge in [-0.25, -0.2) is 0 Å². The Morgan fingerprint density at radius 1 is 0.864 bits per heavy atom. The standard InChI is InChI=1S/C18H18N4/c19-10-3-4-11-20-18-15-9-5-8-13-12-6-1-2-7-14(12)17(16(13)15)21-22-18/h1-2,5-9H,3-4,10-11,19H2,(H,20,22). The highest BCUT2D eigenvalue weighted by molar-refractivity contribution is 6.16. The molecule has 1 aromatic heterocycles. The molecule has 4 nitrogen and oxygen atoms in total. The molecule has 1 aliphatic rings. The SMILES string of the molecule is NCCCCNc1nnc2c3c(cccc13)-c1ccccc1-2. The van der Waals surface area contributed by atoms with Gasteiger partial charge in [0.05, 0.1) is 0 Å². The molecule has 110 valence electrons. The molecule has 0 atom stereocenters. The predicted molar refractivity (Wildman–Crippen MR) is 90.7 cm³/mol. The minimum Gasteiger partial charge on any atom is -0.368 e. The lowest BCUT2D eigenvalue weighted by Gasteiger charge is -2.09. The van der Waals surface area contributed by atoms with E-state index in [1.54, 1.807) is 0 Å². The third kappa shape index (κ3) is 1.96. The van der Waals surface area contributed by atoms with E-state index in [0.717, 1.165) is 42.8 Å². The maximum atomic E-state index is 5.54. The molecule has 0 unspecified atom stereocenters. The summed E-state index contributed by atoms with van der Waals surface area (Å²) in [5.74, 6) is 0.866. The maximum absolute atomic E-state index is 5.54. The number of unbranched alkanes of at least 4 members (excludes halogenated alkanes) is 1. The Balaban J connectivity index is 1.80. The van der Waals surface area contributed by atoms with Crippen molar-refractivity contribution >= 4 is 16.6 Å². The van der Waals surface area contributed by atoms with Crippen LogP contribution in [0, 0.1) is 0 Å². The van der Waals surface area contributed by atoms with Crippen molar-refractivity contribution in [2.45, 2.75) is 12.8 Å². The molecule has 3 aromatic rings. The first kappa shape index (κ1) is 13.2. The largest absolute Gasteiger partial charge is 0.368 e. The monoisotopic (exact) mass is 290 g/mol. The Morgan fingerprint density at radius 2 is 1.68 bits per heavy atom. The molecule has 1 aliphatic carbocycles. The van der Waals surface area contributed by atoms with Crippen molar-refractivity contribution < 1.29 is 0 Å². The zero-order valence-electron chi connectivity index (χ0n) is 12.3. The van der Waals surface area contributed by atoms with E-state index < -0.39 is 0 Å². The fraction of sp³-hybridized carbons (Fsp3) is 0.222. The Kier molecular flexibility index (Phi) is 3.24. The van der Waals surface area contributed by atoms with E-state index in [4.69, 9.17) is 5.73 Å². The van der Waals surface area contributed by atoms with Gasteiger partial charge >= 0.3 is 0 Å². The van der Waals surface area contributed by atoms with Crippen molar-refractivity contribution in [1.29, 1.82) is 0 Å². The van der Waals surface area contributed by atoms with Gasteiger partial charge in [0.25, 0.3) is 0 Å². The van der Waals surface area contributed by atoms with Gasteiger partial charge in [0.2, 0.25) is 0 Å². The van der Waals surface area contributed by atoms with Gasteiger partial charge in [-0.05, 0) is 30.5 Å². The van der Waals surface area contributed by atoms with E-state index in [0.29, 0.717) is 0 Å². The molecule has 0 aliphatic heterocycles. The molecule has 0 fully saturated rings. The summed E-state index contributed by atoms with van der Waals surface area (Å²) in [5.41, 5.74) is 10.2. The lowest BCUT2D eigenvalue weighted by Crippen LogP contribution is -2.07. The number of aromatic nitrogens is 2. The van der Waals surface area contributed by atoms with Crippen molar-refractivity contribution in [2.24, 2.45) is 5.73 Å². The normalized spacial score (nSPS) is 11.7. The molecule has 0 saturated heterocycles. The maximum Gasteiger partial charge on any atom is 0.156 e. The topological polar surface area (TPSA) is 63.8 Å². The second kappa shape index (κ2) is 5.39. The molecular formula is C18H18N4. The van der Waals surface area contributed by atoms with Crippen molar-refractivity contribution in [3.8, 4) is 22.4 Å². The molecule has 4 heteroatoms. The predicted octanol–water partition coefficient (Wildman–Crippen LogP) is 3.43. The molecule has 0 amide bonds. The number of nitrogens with zero attached hydrogens (tertiary/aromatic N) is 2. The molecule has 0 radical (unpaired) electrons. The van der Waals surface area contributed by atoms with Crippen LogP contribution < -0.4 is 11.1 Å². The van der Waals surface area contributed by atoms with Crippen LogP contribution in [0.3, 0.4) is 0 Å². The highest BCUT2D eigenvalue weighted by atomic mass is 15.2. The number of benzene rings is 2. The van der Waals surface area contributed by atoms with Crippen molar-refractivity contribution in [3.05, 3.63) is 42.5 Å². The zero-order valence-corrected chi connectivity index (χ0v) is 12.3. The first-order valence-corrected chi connectivity index (χ1v) is 7.73. The van der Waals surface area contributed by atoms with E-state index in [9.17, 15) is 0 Å². The third-order valence-electron chi connectivity index (χ3n) is 4.20. The summed E-state index contributed by atoms with van der Waals surface area (Å²) in [4.78, 5) is 0. The average Bonchev–Trinajstić information content (AvgIpc) is 2.90. The summed E-state index contributed by atoms with van der Waals surface area (Å²) in [6.45, 7) is 1.60. The quantitative estimate of drug-likeness (QED) is 0.553. The minimum atomic E-state index is 0.729. The van der Waals surface area contributed by atoms with Crippen LogP contribution in [0.1, 0.15) is 12.8 Å². The van der Waals surface area contributed by atoms with Crippen molar-refractivity contribution in [3.63, 3.8) is 0 Å². The molecule has 3 N–H and O–H groups in total. The summed E-state index contributed by atoms with van der Waals surface area (Å²) in [7, 11) is 0. The van der Waals surface area contributed by atoms with E-state index >= 15 is 0 Å². The summed E-state index contributed by atoms with van der Waals surface area (Å²) in [5, 5.41) is 14.7. The van der Waals surface area contributed by atoms with Gasteiger partial charge in [-0.15, -0.1) is 10.2 Å². The molecule has 0 spiro atoms. The number of anilines is 1. The first-order valence-electron chi connectivity index (χ1n) is 7.73. The fourth-order valence-corrected chi connectivity index (χ4v) is 3.15. The molecule has 4 rings (SSSR count). The van der Waals surface area contributed by atoms with Crippen LogP contribution in [-0.2, 0) is 0 Å². The van der Waals surface area contributed by atoms with Crippen LogP contribution in [0.15, 0.2) is 42.5 Å². The second-order valence-electron chi connectivity index (χ2n) is 5.59. The molecular weight excluding hydrogens is 272 g/mol. The highest BCUT2D eigenvalue weighted by Gasteiger charge is 2.23. The number of rotatable bonds is 5. The Bertz CT molecular complexity index is 812. The number of nitrogens with two attached hydrogens (primary N) is 1. The van der Waals surface area contributed by atoms with Crippen LogP contribution in [-0.4, -0.2) is 23.3 Å². The average molecular weight is 290 g/mol. The van der Waals surface area contributed by atoms with Gasteiger partial charge in [-0.1, -0.05) is 42.5 Å². The summed E-state index contributed by atoms with van der Waals surface area (Å²) in [6.07, 6.45) is 2.06. The van der Waals surface area contributed by atoms with Gasteiger partial charge < -0.3 is 11.1 Å². The number of hydrogen-bond donors (Lipinski definition) is 2. The van der Waals surface area contributed by atoms with E-state index in [2.05, 4.69) is 58.0 Å². The van der Waals surface area contributed by atoms with E-state index in [1.807, 2.05) is 0 Å². The lowest BCUT2D eigenvalue weighted by atomic mass is 10.0. The third-order valence-corrected chi connectivity index (χ3v) is 4.20.